The van der Waals surface area contributed by atoms with Crippen LogP contribution < -0.4 is 5.32 Å². The predicted molar refractivity (Wildman–Crippen MR) is 115 cm³/mol. The number of halogens is 1. The van der Waals surface area contributed by atoms with Crippen molar-refractivity contribution in [1.82, 2.24) is 20.0 Å². The molecule has 30 heavy (non-hydrogen) atoms. The third-order valence-corrected chi connectivity index (χ3v) is 5.22. The molecule has 2 aliphatic heterocycles. The molecular weight excluding hydrogens is 387 g/mol. The minimum atomic E-state index is -1.11. The first-order valence-corrected chi connectivity index (χ1v) is 10.2. The highest BCUT2D eigenvalue weighted by molar-refractivity contribution is 5.99. The van der Waals surface area contributed by atoms with Crippen LogP contribution in [0.4, 0.5) is 10.2 Å². The Hall–Kier alpha value is -2.71. The zero-order chi connectivity index (χ0) is 22.1. The summed E-state index contributed by atoms with van der Waals surface area (Å²) in [5, 5.41) is 7.18. The van der Waals surface area contributed by atoms with Gasteiger partial charge in [-0.05, 0) is 40.5 Å². The summed E-state index contributed by atoms with van der Waals surface area (Å²) in [5.41, 5.74) is 0.914. The van der Waals surface area contributed by atoms with Crippen LogP contribution in [0.1, 0.15) is 57.3 Å². The molecule has 1 saturated heterocycles. The molecule has 2 aliphatic rings. The van der Waals surface area contributed by atoms with E-state index in [0.717, 1.165) is 30.8 Å². The van der Waals surface area contributed by atoms with Crippen LogP contribution in [0.3, 0.4) is 0 Å². The summed E-state index contributed by atoms with van der Waals surface area (Å²) in [7, 11) is 3.32. The number of hydrogen-bond donors (Lipinski definition) is 1. The van der Waals surface area contributed by atoms with E-state index in [1.54, 1.807) is 18.8 Å². The van der Waals surface area contributed by atoms with E-state index in [1.165, 1.54) is 12.4 Å². The molecule has 164 valence electrons. The number of rotatable bonds is 4. The molecule has 0 spiro atoms. The lowest BCUT2D eigenvalue weighted by atomic mass is 9.98. The number of amidine groups is 1. The molecule has 0 aromatic carbocycles. The molecule has 1 fully saturated rings. The van der Waals surface area contributed by atoms with Gasteiger partial charge in [0.1, 0.15) is 17.6 Å². The minimum absolute atomic E-state index is 0.0283. The van der Waals surface area contributed by atoms with Gasteiger partial charge in [0.05, 0.1) is 19.3 Å². The molecule has 0 aliphatic carbocycles. The Labute approximate surface area is 176 Å². The number of amides is 1. The van der Waals surface area contributed by atoms with Gasteiger partial charge in [0.25, 0.3) is 5.91 Å². The summed E-state index contributed by atoms with van der Waals surface area (Å²) in [6.07, 6.45) is 3.82. The number of nitrogens with zero attached hydrogens (tertiary/aromatic N) is 5. The van der Waals surface area contributed by atoms with Crippen LogP contribution in [0.15, 0.2) is 27.6 Å². The number of carbonyl (C=O) groups excluding carboxylic acids is 1. The first-order chi connectivity index (χ1) is 14.1. The van der Waals surface area contributed by atoms with E-state index in [2.05, 4.69) is 20.3 Å². The van der Waals surface area contributed by atoms with Gasteiger partial charge in [0.2, 0.25) is 5.88 Å². The molecule has 3 rings (SSSR count). The number of aryl methyl sites for hydroxylation is 1. The molecule has 2 atom stereocenters. The molecule has 1 aromatic heterocycles. The Morgan fingerprint density at radius 2 is 2.13 bits per heavy atom. The highest BCUT2D eigenvalue weighted by atomic mass is 19.1. The van der Waals surface area contributed by atoms with E-state index in [4.69, 9.17) is 9.73 Å². The number of alkyl halides is 1. The van der Waals surface area contributed by atoms with Crippen LogP contribution in [0.5, 0.6) is 0 Å². The average Bonchev–Trinajstić information content (AvgIpc) is 3.28. The SMILES string of the molecule is COC1=C([C@H]2CCCN2C(C)=Nc2c(C(=O)NC(C)(C)C)cnn2C)CC(F)C=N1. The summed E-state index contributed by atoms with van der Waals surface area (Å²) in [6, 6.07) is -0.0283. The molecule has 3 heterocycles. The summed E-state index contributed by atoms with van der Waals surface area (Å²) in [5.74, 6) is 1.51. The second-order valence-electron chi connectivity index (χ2n) is 8.75. The number of nitrogens with one attached hydrogen (secondary N) is 1. The number of hydrogen-bond acceptors (Lipinski definition) is 5. The van der Waals surface area contributed by atoms with Crippen molar-refractivity contribution in [3.05, 3.63) is 23.2 Å². The number of aromatic nitrogens is 2. The standard InChI is InChI=1S/C21H31FN6O2/c1-13(25-18-16(12-24-27(18)5)19(29)26-21(2,3)4)28-9-7-8-17(28)15-10-14(22)11-23-20(15)30-6/h11-12,14,17H,7-10H2,1-6H3,(H,26,29)/t14?,17-/m1/s1. The van der Waals surface area contributed by atoms with E-state index in [-0.39, 0.29) is 23.9 Å². The third-order valence-electron chi connectivity index (χ3n) is 5.22. The molecular formula is C21H31FN6O2. The van der Waals surface area contributed by atoms with Gasteiger partial charge in [0, 0.05) is 37.3 Å². The Balaban J connectivity index is 1.90. The topological polar surface area (TPSA) is 84.1 Å². The van der Waals surface area contributed by atoms with Gasteiger partial charge in [-0.1, -0.05) is 0 Å². The molecule has 0 saturated carbocycles. The molecule has 1 unspecified atom stereocenters. The van der Waals surface area contributed by atoms with E-state index in [9.17, 15) is 9.18 Å². The maximum absolute atomic E-state index is 14.0. The number of methoxy groups -OCH3 is 1. The van der Waals surface area contributed by atoms with Gasteiger partial charge in [0.15, 0.2) is 5.82 Å². The summed E-state index contributed by atoms with van der Waals surface area (Å²) in [6.45, 7) is 8.48. The fourth-order valence-corrected chi connectivity index (χ4v) is 3.91. The molecule has 0 radical (unpaired) electrons. The number of likely N-dealkylation sites (tertiary alicyclic amines) is 1. The van der Waals surface area contributed by atoms with Crippen molar-refractivity contribution >= 4 is 23.8 Å². The van der Waals surface area contributed by atoms with Gasteiger partial charge < -0.3 is 15.0 Å². The number of aliphatic imine (C=N–C) groups is 2. The Kier molecular flexibility index (Phi) is 6.28. The van der Waals surface area contributed by atoms with Gasteiger partial charge in [-0.3, -0.25) is 9.48 Å². The second kappa shape index (κ2) is 8.57. The quantitative estimate of drug-likeness (QED) is 0.601. The maximum Gasteiger partial charge on any atom is 0.257 e. The van der Waals surface area contributed by atoms with Crippen LogP contribution >= 0.6 is 0 Å². The molecule has 1 N–H and O–H groups in total. The van der Waals surface area contributed by atoms with Gasteiger partial charge in [-0.2, -0.15) is 5.10 Å². The summed E-state index contributed by atoms with van der Waals surface area (Å²) >= 11 is 0. The van der Waals surface area contributed by atoms with Crippen molar-refractivity contribution in [2.45, 2.75) is 64.7 Å². The lowest BCUT2D eigenvalue weighted by molar-refractivity contribution is 0.0920. The molecule has 1 amide bonds. The van der Waals surface area contributed by atoms with E-state index < -0.39 is 6.17 Å². The molecule has 9 heteroatoms. The van der Waals surface area contributed by atoms with E-state index in [0.29, 0.717) is 17.3 Å². The summed E-state index contributed by atoms with van der Waals surface area (Å²) < 4.78 is 21.0. The molecule has 1 aromatic rings. The van der Waals surface area contributed by atoms with Crippen molar-refractivity contribution in [2.24, 2.45) is 17.0 Å². The van der Waals surface area contributed by atoms with Crippen LogP contribution in [0.25, 0.3) is 0 Å². The fourth-order valence-electron chi connectivity index (χ4n) is 3.91. The largest absolute Gasteiger partial charge is 0.481 e. The first kappa shape index (κ1) is 22.0. The van der Waals surface area contributed by atoms with Crippen LogP contribution in [0.2, 0.25) is 0 Å². The van der Waals surface area contributed by atoms with Crippen LogP contribution in [-0.2, 0) is 11.8 Å². The van der Waals surface area contributed by atoms with Crippen molar-refractivity contribution in [3.8, 4) is 0 Å². The Bertz CT molecular complexity index is 896. The van der Waals surface area contributed by atoms with Crippen molar-refractivity contribution in [1.29, 1.82) is 0 Å². The Morgan fingerprint density at radius 3 is 2.80 bits per heavy atom. The highest BCUT2D eigenvalue weighted by Crippen LogP contribution is 2.33. The maximum atomic E-state index is 14.0. The monoisotopic (exact) mass is 418 g/mol. The minimum Gasteiger partial charge on any atom is -0.481 e. The lowest BCUT2D eigenvalue weighted by Gasteiger charge is -2.30. The number of carbonyl (C=O) groups is 1. The van der Waals surface area contributed by atoms with Crippen LogP contribution in [-0.4, -0.2) is 64.0 Å². The zero-order valence-electron chi connectivity index (χ0n) is 18.6. The van der Waals surface area contributed by atoms with E-state index >= 15 is 0 Å². The van der Waals surface area contributed by atoms with Crippen molar-refractivity contribution < 1.29 is 13.9 Å². The smallest absolute Gasteiger partial charge is 0.257 e. The van der Waals surface area contributed by atoms with Crippen molar-refractivity contribution in [2.75, 3.05) is 13.7 Å². The van der Waals surface area contributed by atoms with Gasteiger partial charge in [-0.15, -0.1) is 0 Å². The third kappa shape index (κ3) is 4.71. The number of ether oxygens (including phenoxy) is 1. The van der Waals surface area contributed by atoms with Gasteiger partial charge >= 0.3 is 0 Å². The Morgan fingerprint density at radius 1 is 1.40 bits per heavy atom. The predicted octanol–water partition coefficient (Wildman–Crippen LogP) is 3.13. The zero-order valence-corrected chi connectivity index (χ0v) is 18.6. The van der Waals surface area contributed by atoms with Crippen LogP contribution in [0, 0.1) is 0 Å². The second-order valence-corrected chi connectivity index (χ2v) is 8.75. The lowest BCUT2D eigenvalue weighted by Crippen LogP contribution is -2.40. The highest BCUT2D eigenvalue weighted by Gasteiger charge is 2.34. The normalized spacial score (nSPS) is 22.6. The summed E-state index contributed by atoms with van der Waals surface area (Å²) in [4.78, 5) is 23.7. The van der Waals surface area contributed by atoms with Crippen molar-refractivity contribution in [3.63, 3.8) is 0 Å². The fraction of sp³-hybridized carbons (Fsp3) is 0.619. The van der Waals surface area contributed by atoms with E-state index in [1.807, 2.05) is 27.7 Å². The average molecular weight is 419 g/mol. The molecule has 8 nitrogen and oxygen atoms in total. The van der Waals surface area contributed by atoms with Gasteiger partial charge in [-0.25, -0.2) is 14.4 Å². The first-order valence-electron chi connectivity index (χ1n) is 10.2. The molecule has 0 bridgehead atoms.